The van der Waals surface area contributed by atoms with E-state index < -0.39 is 36.0 Å². The van der Waals surface area contributed by atoms with Crippen LogP contribution in [0.4, 0.5) is 9.59 Å². The Morgan fingerprint density at radius 2 is 1.54 bits per heavy atom. The number of hydrogen-bond donors (Lipinski definition) is 2. The van der Waals surface area contributed by atoms with Crippen LogP contribution >= 0.6 is 0 Å². The molecule has 12 nitrogen and oxygen atoms in total. The Hall–Kier alpha value is -2.89. The number of carboxylic acids is 1. The summed E-state index contributed by atoms with van der Waals surface area (Å²) in [6.07, 6.45) is -0.285. The smallest absolute Gasteiger partial charge is 0.410 e. The molecule has 3 saturated heterocycles. The third-order valence-electron chi connectivity index (χ3n) is 7.00. The molecular weight excluding hydrogens is 458 g/mol. The molecule has 35 heavy (non-hydrogen) atoms. The van der Waals surface area contributed by atoms with Crippen molar-refractivity contribution in [3.63, 3.8) is 0 Å². The molecule has 3 N–H and O–H groups in total. The first kappa shape index (κ1) is 26.7. The molecule has 0 aromatic carbocycles. The number of ether oxygens (including phenoxy) is 1. The molecule has 5 amide bonds. The molecule has 3 fully saturated rings. The Labute approximate surface area is 205 Å². The Bertz CT molecular complexity index is 847. The molecule has 196 valence electrons. The predicted octanol–water partition coefficient (Wildman–Crippen LogP) is 0.403. The van der Waals surface area contributed by atoms with E-state index in [2.05, 4.69) is 0 Å². The van der Waals surface area contributed by atoms with E-state index in [1.165, 1.54) is 14.7 Å². The lowest BCUT2D eigenvalue weighted by Crippen LogP contribution is -2.70. The Morgan fingerprint density at radius 1 is 0.971 bits per heavy atom. The standard InChI is InChI=1S/C23H37N5O7/c1-13(2)19(14(3)4)35-23(34)26-9-7-25(8-10-26)22(33)28-18(21(31)32)16(20(28)30)11-17(29)27-6-5-15(24)12-27/h13-16,18-19H,5-12,24H2,1-4H3,(H,31,32)/t15-,16+,18-/m0/s1. The molecule has 12 heteroatoms. The average Bonchev–Trinajstić information content (AvgIpc) is 3.24. The van der Waals surface area contributed by atoms with Gasteiger partial charge in [-0.05, 0) is 18.3 Å². The maximum absolute atomic E-state index is 13.0. The van der Waals surface area contributed by atoms with E-state index in [0.29, 0.717) is 19.5 Å². The fourth-order valence-electron chi connectivity index (χ4n) is 5.04. The molecule has 0 spiro atoms. The highest BCUT2D eigenvalue weighted by atomic mass is 16.6. The molecule has 3 aliphatic rings. The quantitative estimate of drug-likeness (QED) is 0.502. The van der Waals surface area contributed by atoms with E-state index in [9.17, 15) is 29.1 Å². The van der Waals surface area contributed by atoms with Crippen molar-refractivity contribution in [2.45, 2.75) is 58.7 Å². The summed E-state index contributed by atoms with van der Waals surface area (Å²) in [4.78, 5) is 67.8. The lowest BCUT2D eigenvalue weighted by atomic mass is 9.84. The fraction of sp³-hybridized carbons (Fsp3) is 0.783. The number of carbonyl (C=O) groups excluding carboxylic acids is 4. The highest BCUT2D eigenvalue weighted by Crippen LogP contribution is 2.32. The molecule has 3 heterocycles. The molecule has 0 saturated carbocycles. The van der Waals surface area contributed by atoms with Crippen molar-refractivity contribution < 1.29 is 33.8 Å². The van der Waals surface area contributed by atoms with E-state index in [0.717, 1.165) is 4.90 Å². The number of aliphatic carboxylic acids is 1. The van der Waals surface area contributed by atoms with Crippen LogP contribution in [-0.4, -0.2) is 112 Å². The largest absolute Gasteiger partial charge is 0.480 e. The molecule has 0 aromatic heterocycles. The molecule has 0 aromatic rings. The normalized spacial score (nSPS) is 24.9. The first-order valence-electron chi connectivity index (χ1n) is 12.3. The van der Waals surface area contributed by atoms with Crippen LogP contribution in [0.25, 0.3) is 0 Å². The van der Waals surface area contributed by atoms with Gasteiger partial charge in [0.2, 0.25) is 11.8 Å². The summed E-state index contributed by atoms with van der Waals surface area (Å²) in [7, 11) is 0. The summed E-state index contributed by atoms with van der Waals surface area (Å²) >= 11 is 0. The number of carboxylic acid groups (broad SMARTS) is 1. The Kier molecular flexibility index (Phi) is 8.24. The number of piperazine rings is 1. The van der Waals surface area contributed by atoms with Crippen LogP contribution in [0.2, 0.25) is 0 Å². The number of hydrogen-bond acceptors (Lipinski definition) is 7. The van der Waals surface area contributed by atoms with Gasteiger partial charge in [-0.2, -0.15) is 0 Å². The number of β-lactam (4-membered cyclic amide) rings is 1. The second-order valence-electron chi connectivity index (χ2n) is 10.3. The number of amides is 5. The number of imide groups is 1. The highest BCUT2D eigenvalue weighted by molar-refractivity contribution is 6.08. The Morgan fingerprint density at radius 3 is 2.03 bits per heavy atom. The van der Waals surface area contributed by atoms with Crippen LogP contribution in [-0.2, 0) is 19.1 Å². The van der Waals surface area contributed by atoms with E-state index in [1.807, 2.05) is 27.7 Å². The number of nitrogens with zero attached hydrogens (tertiary/aromatic N) is 4. The maximum Gasteiger partial charge on any atom is 0.410 e. The van der Waals surface area contributed by atoms with Gasteiger partial charge in [-0.25, -0.2) is 19.3 Å². The zero-order valence-corrected chi connectivity index (χ0v) is 20.9. The molecule has 3 atom stereocenters. The van der Waals surface area contributed by atoms with Crippen molar-refractivity contribution >= 4 is 29.9 Å². The second kappa shape index (κ2) is 10.8. The monoisotopic (exact) mass is 495 g/mol. The van der Waals surface area contributed by atoms with Gasteiger partial charge in [0.1, 0.15) is 6.10 Å². The van der Waals surface area contributed by atoms with Crippen LogP contribution in [0.15, 0.2) is 0 Å². The van der Waals surface area contributed by atoms with Gasteiger partial charge in [-0.1, -0.05) is 27.7 Å². The van der Waals surface area contributed by atoms with E-state index >= 15 is 0 Å². The second-order valence-corrected chi connectivity index (χ2v) is 10.3. The van der Waals surface area contributed by atoms with Gasteiger partial charge < -0.3 is 30.3 Å². The summed E-state index contributed by atoms with van der Waals surface area (Å²) in [6.45, 7) is 9.51. The first-order valence-corrected chi connectivity index (χ1v) is 12.3. The predicted molar refractivity (Wildman–Crippen MR) is 124 cm³/mol. The van der Waals surface area contributed by atoms with Gasteiger partial charge in [0.25, 0.3) is 0 Å². The minimum atomic E-state index is -1.39. The maximum atomic E-state index is 13.0. The molecule has 0 aliphatic carbocycles. The van der Waals surface area contributed by atoms with Crippen LogP contribution in [0.3, 0.4) is 0 Å². The summed E-state index contributed by atoms with van der Waals surface area (Å²) in [6, 6.07) is -2.23. The average molecular weight is 496 g/mol. The molecule has 3 rings (SSSR count). The van der Waals surface area contributed by atoms with Crippen molar-refractivity contribution in [2.75, 3.05) is 39.3 Å². The SMILES string of the molecule is CC(C)C(OC(=O)N1CCN(C(=O)N2C(=O)[C@H](CC(=O)N3CC[C@H](N)C3)[C@H]2C(=O)O)CC1)C(C)C. The van der Waals surface area contributed by atoms with Crippen molar-refractivity contribution in [1.29, 1.82) is 0 Å². The molecule has 0 unspecified atom stereocenters. The zero-order valence-electron chi connectivity index (χ0n) is 20.9. The third-order valence-corrected chi connectivity index (χ3v) is 7.00. The van der Waals surface area contributed by atoms with Crippen molar-refractivity contribution in [3.05, 3.63) is 0 Å². The summed E-state index contributed by atoms with van der Waals surface area (Å²) in [5, 5.41) is 9.67. The van der Waals surface area contributed by atoms with E-state index in [4.69, 9.17) is 10.5 Å². The molecule has 3 aliphatic heterocycles. The van der Waals surface area contributed by atoms with Crippen molar-refractivity contribution in [3.8, 4) is 0 Å². The molecule has 0 bridgehead atoms. The summed E-state index contributed by atoms with van der Waals surface area (Å²) < 4.78 is 5.65. The summed E-state index contributed by atoms with van der Waals surface area (Å²) in [5.74, 6) is -3.09. The lowest BCUT2D eigenvalue weighted by molar-refractivity contribution is -0.168. The van der Waals surface area contributed by atoms with Gasteiger partial charge in [0, 0.05) is 51.7 Å². The Balaban J connectivity index is 1.55. The van der Waals surface area contributed by atoms with Gasteiger partial charge >= 0.3 is 18.1 Å². The molecule has 0 radical (unpaired) electrons. The number of nitrogens with two attached hydrogens (primary N) is 1. The zero-order chi connectivity index (χ0) is 26.0. The van der Waals surface area contributed by atoms with Gasteiger partial charge in [-0.3, -0.25) is 9.59 Å². The van der Waals surface area contributed by atoms with Crippen LogP contribution in [0.1, 0.15) is 40.5 Å². The highest BCUT2D eigenvalue weighted by Gasteiger charge is 2.56. The van der Waals surface area contributed by atoms with Gasteiger partial charge in [-0.15, -0.1) is 0 Å². The number of rotatable bonds is 6. The number of carbonyl (C=O) groups is 5. The summed E-state index contributed by atoms with van der Waals surface area (Å²) in [5.41, 5.74) is 5.82. The van der Waals surface area contributed by atoms with Crippen LogP contribution < -0.4 is 5.73 Å². The van der Waals surface area contributed by atoms with Gasteiger partial charge in [0.15, 0.2) is 6.04 Å². The van der Waals surface area contributed by atoms with Crippen LogP contribution in [0, 0.1) is 17.8 Å². The molecular formula is C23H37N5O7. The fourth-order valence-corrected chi connectivity index (χ4v) is 5.04. The van der Waals surface area contributed by atoms with Gasteiger partial charge in [0.05, 0.1) is 5.92 Å². The number of likely N-dealkylation sites (tertiary alicyclic amines) is 2. The van der Waals surface area contributed by atoms with Crippen molar-refractivity contribution in [2.24, 2.45) is 23.5 Å². The van der Waals surface area contributed by atoms with Crippen LogP contribution in [0.5, 0.6) is 0 Å². The topological polar surface area (TPSA) is 154 Å². The van der Waals surface area contributed by atoms with Crippen molar-refractivity contribution in [1.82, 2.24) is 19.6 Å². The number of urea groups is 1. The lowest BCUT2D eigenvalue weighted by Gasteiger charge is -2.46. The van der Waals surface area contributed by atoms with E-state index in [-0.39, 0.29) is 62.5 Å². The van der Waals surface area contributed by atoms with E-state index in [1.54, 1.807) is 0 Å². The first-order chi connectivity index (χ1) is 16.4. The minimum Gasteiger partial charge on any atom is -0.480 e. The minimum absolute atomic E-state index is 0.123. The third kappa shape index (κ3) is 5.68.